The van der Waals surface area contributed by atoms with Gasteiger partial charge in [0.15, 0.2) is 15.0 Å². The minimum absolute atomic E-state index is 0.0393. The standard InChI is InChI=1S/C25H33N3O3S2/c1-17(2)33(30,31)21-12-10-20(11-13-21)16-22(29)28(15-7-14-27(5)6)25-26-23-18(3)8-9-19(4)24(23)32-25/h8-13,17H,7,14-16H2,1-6H3. The third-order valence-electron chi connectivity index (χ3n) is 5.68. The Bertz CT molecular complexity index is 1190. The quantitative estimate of drug-likeness (QED) is 0.440. The highest BCUT2D eigenvalue weighted by Gasteiger charge is 2.22. The molecule has 1 aromatic heterocycles. The fraction of sp³-hybridized carbons (Fsp3) is 0.440. The van der Waals surface area contributed by atoms with Crippen molar-refractivity contribution in [2.24, 2.45) is 0 Å². The van der Waals surface area contributed by atoms with Crippen LogP contribution < -0.4 is 4.90 Å². The van der Waals surface area contributed by atoms with Crippen molar-refractivity contribution in [3.8, 4) is 0 Å². The van der Waals surface area contributed by atoms with Gasteiger partial charge in [0.25, 0.3) is 0 Å². The molecule has 0 atom stereocenters. The van der Waals surface area contributed by atoms with Gasteiger partial charge in [-0.2, -0.15) is 0 Å². The van der Waals surface area contributed by atoms with E-state index in [2.05, 4.69) is 24.0 Å². The molecule has 0 saturated heterocycles. The summed E-state index contributed by atoms with van der Waals surface area (Å²) in [6.07, 6.45) is 1.02. The van der Waals surface area contributed by atoms with Gasteiger partial charge in [0.05, 0.1) is 26.8 Å². The van der Waals surface area contributed by atoms with E-state index in [9.17, 15) is 13.2 Å². The number of anilines is 1. The number of carbonyl (C=O) groups excluding carboxylic acids is 1. The molecule has 0 aliphatic heterocycles. The minimum atomic E-state index is -3.33. The molecule has 33 heavy (non-hydrogen) atoms. The van der Waals surface area contributed by atoms with Gasteiger partial charge in [-0.05, 0) is 83.6 Å². The van der Waals surface area contributed by atoms with E-state index in [-0.39, 0.29) is 17.2 Å². The van der Waals surface area contributed by atoms with Crippen molar-refractivity contribution in [1.82, 2.24) is 9.88 Å². The first kappa shape index (κ1) is 25.3. The number of amides is 1. The van der Waals surface area contributed by atoms with Crippen molar-refractivity contribution in [1.29, 1.82) is 0 Å². The molecule has 0 N–H and O–H groups in total. The number of nitrogens with zero attached hydrogens (tertiary/aromatic N) is 3. The molecule has 0 spiro atoms. The second-order valence-electron chi connectivity index (χ2n) is 8.99. The van der Waals surface area contributed by atoms with E-state index in [1.165, 1.54) is 0 Å². The first-order valence-electron chi connectivity index (χ1n) is 11.2. The summed E-state index contributed by atoms with van der Waals surface area (Å²) in [6, 6.07) is 10.8. The van der Waals surface area contributed by atoms with E-state index in [0.717, 1.165) is 39.9 Å². The lowest BCUT2D eigenvalue weighted by atomic mass is 10.1. The summed E-state index contributed by atoms with van der Waals surface area (Å²) in [5, 5.41) is 0.230. The molecule has 3 rings (SSSR count). The van der Waals surface area contributed by atoms with Crippen LogP contribution >= 0.6 is 11.3 Å². The number of benzene rings is 2. The minimum Gasteiger partial charge on any atom is -0.309 e. The second kappa shape index (κ2) is 10.3. The number of sulfone groups is 1. The van der Waals surface area contributed by atoms with Gasteiger partial charge in [0.1, 0.15) is 0 Å². The van der Waals surface area contributed by atoms with E-state index in [0.29, 0.717) is 11.7 Å². The number of aromatic nitrogens is 1. The van der Waals surface area contributed by atoms with Crippen LogP contribution in [0.15, 0.2) is 41.3 Å². The number of thiazole rings is 1. The van der Waals surface area contributed by atoms with E-state index >= 15 is 0 Å². The van der Waals surface area contributed by atoms with Gasteiger partial charge in [-0.25, -0.2) is 13.4 Å². The predicted molar refractivity (Wildman–Crippen MR) is 137 cm³/mol. The van der Waals surface area contributed by atoms with E-state index in [4.69, 9.17) is 4.98 Å². The molecule has 1 heterocycles. The normalized spacial score (nSPS) is 12.1. The number of fused-ring (bicyclic) bond motifs is 1. The van der Waals surface area contributed by atoms with Gasteiger partial charge in [-0.1, -0.05) is 35.6 Å². The lowest BCUT2D eigenvalue weighted by Crippen LogP contribution is -2.34. The van der Waals surface area contributed by atoms with E-state index in [1.807, 2.05) is 21.0 Å². The summed E-state index contributed by atoms with van der Waals surface area (Å²) in [5.74, 6) is -0.0393. The van der Waals surface area contributed by atoms with E-state index < -0.39 is 15.1 Å². The Kier molecular flexibility index (Phi) is 7.92. The zero-order valence-electron chi connectivity index (χ0n) is 20.3. The molecule has 6 nitrogen and oxygen atoms in total. The summed E-state index contributed by atoms with van der Waals surface area (Å²) < 4.78 is 25.9. The van der Waals surface area contributed by atoms with Crippen molar-refractivity contribution in [3.05, 3.63) is 53.1 Å². The first-order chi connectivity index (χ1) is 15.5. The van der Waals surface area contributed by atoms with Crippen molar-refractivity contribution in [2.75, 3.05) is 32.1 Å². The van der Waals surface area contributed by atoms with Gasteiger partial charge >= 0.3 is 0 Å². The van der Waals surface area contributed by atoms with Crippen molar-refractivity contribution in [2.45, 2.75) is 50.7 Å². The largest absolute Gasteiger partial charge is 0.309 e. The Morgan fingerprint density at radius 1 is 1.00 bits per heavy atom. The molecule has 0 bridgehead atoms. The molecule has 0 aliphatic carbocycles. The maximum atomic E-state index is 13.4. The lowest BCUT2D eigenvalue weighted by Gasteiger charge is -2.21. The lowest BCUT2D eigenvalue weighted by molar-refractivity contribution is -0.118. The van der Waals surface area contributed by atoms with Gasteiger partial charge in [0.2, 0.25) is 5.91 Å². The van der Waals surface area contributed by atoms with Crippen LogP contribution in [0.5, 0.6) is 0 Å². The Morgan fingerprint density at radius 3 is 2.21 bits per heavy atom. The summed E-state index contributed by atoms with van der Waals surface area (Å²) in [6.45, 7) is 8.88. The monoisotopic (exact) mass is 487 g/mol. The number of hydrogen-bond donors (Lipinski definition) is 0. The molecule has 0 saturated carbocycles. The zero-order chi connectivity index (χ0) is 24.3. The van der Waals surface area contributed by atoms with Crippen molar-refractivity contribution in [3.63, 3.8) is 0 Å². The molecule has 1 amide bonds. The van der Waals surface area contributed by atoms with Crippen LogP contribution in [-0.4, -0.2) is 56.6 Å². The summed E-state index contributed by atoms with van der Waals surface area (Å²) in [5.41, 5.74) is 3.99. The molecule has 0 unspecified atom stereocenters. The molecule has 178 valence electrons. The zero-order valence-corrected chi connectivity index (χ0v) is 21.9. The molecule has 2 aromatic carbocycles. The molecule has 8 heteroatoms. The molecule has 0 fully saturated rings. The van der Waals surface area contributed by atoms with Crippen LogP contribution in [0, 0.1) is 13.8 Å². The average molecular weight is 488 g/mol. The number of hydrogen-bond acceptors (Lipinski definition) is 6. The van der Waals surface area contributed by atoms with Gasteiger partial charge in [0, 0.05) is 6.54 Å². The van der Waals surface area contributed by atoms with Crippen LogP contribution in [0.4, 0.5) is 5.13 Å². The molecular weight excluding hydrogens is 454 g/mol. The van der Waals surface area contributed by atoms with Crippen LogP contribution in [0.1, 0.15) is 37.0 Å². The SMILES string of the molecule is Cc1ccc(C)c2sc(N(CCCN(C)C)C(=O)Cc3ccc(S(=O)(=O)C(C)C)cc3)nc12. The van der Waals surface area contributed by atoms with E-state index in [1.54, 1.807) is 54.3 Å². The predicted octanol–water partition coefficient (Wildman–Crippen LogP) is 4.62. The van der Waals surface area contributed by atoms with Crippen LogP contribution in [-0.2, 0) is 21.1 Å². The molecule has 3 aromatic rings. The van der Waals surface area contributed by atoms with Gasteiger partial charge in [-0.3, -0.25) is 9.69 Å². The Labute approximate surface area is 201 Å². The fourth-order valence-electron chi connectivity index (χ4n) is 3.57. The topological polar surface area (TPSA) is 70.6 Å². The Balaban J connectivity index is 1.87. The number of rotatable bonds is 9. The van der Waals surface area contributed by atoms with Crippen LogP contribution in [0.3, 0.4) is 0 Å². The summed E-state index contributed by atoms with van der Waals surface area (Å²) in [7, 11) is 0.701. The highest BCUT2D eigenvalue weighted by Crippen LogP contribution is 2.33. The highest BCUT2D eigenvalue weighted by atomic mass is 32.2. The Hall–Kier alpha value is -2.29. The first-order valence-corrected chi connectivity index (χ1v) is 13.5. The third kappa shape index (κ3) is 5.80. The van der Waals surface area contributed by atoms with Crippen LogP contribution in [0.2, 0.25) is 0 Å². The summed E-state index contributed by atoms with van der Waals surface area (Å²) in [4.78, 5) is 22.4. The maximum absolute atomic E-state index is 13.4. The van der Waals surface area contributed by atoms with Gasteiger partial charge < -0.3 is 4.90 Å². The number of carbonyl (C=O) groups is 1. The molecule has 0 radical (unpaired) electrons. The van der Waals surface area contributed by atoms with Crippen molar-refractivity contribution >= 4 is 42.4 Å². The second-order valence-corrected chi connectivity index (χ2v) is 12.5. The smallest absolute Gasteiger partial charge is 0.233 e. The fourth-order valence-corrected chi connectivity index (χ4v) is 5.79. The summed E-state index contributed by atoms with van der Waals surface area (Å²) >= 11 is 1.55. The third-order valence-corrected chi connectivity index (χ3v) is 9.06. The van der Waals surface area contributed by atoms with Crippen molar-refractivity contribution < 1.29 is 13.2 Å². The maximum Gasteiger partial charge on any atom is 0.233 e. The highest BCUT2D eigenvalue weighted by molar-refractivity contribution is 7.92. The average Bonchev–Trinajstić information content (AvgIpc) is 3.20. The van der Waals surface area contributed by atoms with Gasteiger partial charge in [-0.15, -0.1) is 0 Å². The molecular formula is C25H33N3O3S2. The van der Waals surface area contributed by atoms with Crippen LogP contribution in [0.25, 0.3) is 10.2 Å². The molecule has 0 aliphatic rings. The Morgan fingerprint density at radius 2 is 1.64 bits per heavy atom. The number of aryl methyl sites for hydroxylation is 2.